The predicted molar refractivity (Wildman–Crippen MR) is 98.0 cm³/mol. The Balaban J connectivity index is 1.47. The van der Waals surface area contributed by atoms with E-state index < -0.39 is 0 Å². The highest BCUT2D eigenvalue weighted by molar-refractivity contribution is 5.76. The highest BCUT2D eigenvalue weighted by atomic mass is 16.5. The Kier molecular flexibility index (Phi) is 6.26. The van der Waals surface area contributed by atoms with Crippen molar-refractivity contribution < 1.29 is 13.9 Å². The van der Waals surface area contributed by atoms with Crippen LogP contribution >= 0.6 is 0 Å². The number of nitrogens with zero attached hydrogens (tertiary/aromatic N) is 3. The predicted octanol–water partition coefficient (Wildman–Crippen LogP) is 3.20. The highest BCUT2D eigenvalue weighted by Crippen LogP contribution is 2.18. The van der Waals surface area contributed by atoms with Crippen LogP contribution in [-0.2, 0) is 24.1 Å². The minimum absolute atomic E-state index is 0.188. The molecule has 26 heavy (non-hydrogen) atoms. The summed E-state index contributed by atoms with van der Waals surface area (Å²) in [4.78, 5) is 14.4. The third kappa shape index (κ3) is 4.84. The van der Waals surface area contributed by atoms with E-state index in [4.69, 9.17) is 9.15 Å². The molecule has 1 aliphatic rings. The van der Waals surface area contributed by atoms with Crippen molar-refractivity contribution in [1.82, 2.24) is 15.1 Å². The summed E-state index contributed by atoms with van der Waals surface area (Å²) >= 11 is 0. The molecule has 2 heterocycles. The number of benzene rings is 1. The maximum atomic E-state index is 12.4. The number of methoxy groups -OCH3 is 1. The monoisotopic (exact) mass is 357 g/mol. The molecule has 0 unspecified atom stereocenters. The Hall–Kier alpha value is -2.37. The quantitative estimate of drug-likeness (QED) is 0.761. The molecule has 0 N–H and O–H groups in total. The fraction of sp³-hybridized carbons (Fsp3) is 0.550. The molecule has 0 bridgehead atoms. The summed E-state index contributed by atoms with van der Waals surface area (Å²) in [5.74, 6) is 2.19. The highest BCUT2D eigenvalue weighted by Gasteiger charge is 2.23. The van der Waals surface area contributed by atoms with Crippen LogP contribution < -0.4 is 4.74 Å². The number of aromatic nitrogens is 2. The SMILES string of the molecule is COc1cccc(CCc2nnc(CCC(=O)N3CCCC[C@@H]3C)o2)c1. The fourth-order valence-corrected chi connectivity index (χ4v) is 3.40. The van der Waals surface area contributed by atoms with Crippen LogP contribution in [0.25, 0.3) is 0 Å². The molecule has 2 aromatic rings. The first-order valence-corrected chi connectivity index (χ1v) is 9.39. The number of aryl methyl sites for hydroxylation is 3. The summed E-state index contributed by atoms with van der Waals surface area (Å²) in [7, 11) is 1.66. The molecule has 1 saturated heterocycles. The average Bonchev–Trinajstić information content (AvgIpc) is 3.13. The minimum Gasteiger partial charge on any atom is -0.497 e. The number of carbonyl (C=O) groups excluding carboxylic acids is 1. The van der Waals surface area contributed by atoms with Gasteiger partial charge in [0.2, 0.25) is 17.7 Å². The van der Waals surface area contributed by atoms with Gasteiger partial charge in [0.15, 0.2) is 0 Å². The molecule has 1 atom stereocenters. The number of hydrogen-bond donors (Lipinski definition) is 0. The third-order valence-electron chi connectivity index (χ3n) is 4.95. The van der Waals surface area contributed by atoms with Gasteiger partial charge in [-0.3, -0.25) is 4.79 Å². The fourth-order valence-electron chi connectivity index (χ4n) is 3.40. The van der Waals surface area contributed by atoms with E-state index >= 15 is 0 Å². The van der Waals surface area contributed by atoms with Crippen LogP contribution in [0.5, 0.6) is 5.75 Å². The molecule has 1 aromatic carbocycles. The molecule has 0 aliphatic carbocycles. The smallest absolute Gasteiger partial charge is 0.223 e. The van der Waals surface area contributed by atoms with Crippen LogP contribution in [0, 0.1) is 0 Å². The second-order valence-electron chi connectivity index (χ2n) is 6.87. The van der Waals surface area contributed by atoms with E-state index in [-0.39, 0.29) is 5.91 Å². The lowest BCUT2D eigenvalue weighted by Gasteiger charge is -2.33. The molecule has 1 fully saturated rings. The number of rotatable bonds is 7. The maximum absolute atomic E-state index is 12.4. The van der Waals surface area contributed by atoms with Gasteiger partial charge in [0, 0.05) is 31.8 Å². The van der Waals surface area contributed by atoms with Gasteiger partial charge in [-0.25, -0.2) is 0 Å². The van der Waals surface area contributed by atoms with Crippen LogP contribution in [0.3, 0.4) is 0 Å². The van der Waals surface area contributed by atoms with Gasteiger partial charge in [0.25, 0.3) is 0 Å². The topological polar surface area (TPSA) is 68.5 Å². The van der Waals surface area contributed by atoms with Gasteiger partial charge in [0.1, 0.15) is 5.75 Å². The third-order valence-corrected chi connectivity index (χ3v) is 4.95. The first kappa shape index (κ1) is 18.4. The lowest BCUT2D eigenvalue weighted by atomic mass is 10.0. The van der Waals surface area contributed by atoms with Crippen LogP contribution in [0.2, 0.25) is 0 Å². The second-order valence-corrected chi connectivity index (χ2v) is 6.87. The lowest BCUT2D eigenvalue weighted by molar-refractivity contribution is -0.134. The number of ether oxygens (including phenoxy) is 1. The minimum atomic E-state index is 0.188. The summed E-state index contributed by atoms with van der Waals surface area (Å²) in [6.45, 7) is 3.00. The van der Waals surface area contributed by atoms with E-state index in [1.54, 1.807) is 7.11 Å². The Bertz CT molecular complexity index is 729. The van der Waals surface area contributed by atoms with E-state index in [0.29, 0.717) is 37.1 Å². The Morgan fingerprint density at radius 1 is 1.23 bits per heavy atom. The Morgan fingerprint density at radius 2 is 2.04 bits per heavy atom. The Morgan fingerprint density at radius 3 is 2.81 bits per heavy atom. The lowest BCUT2D eigenvalue weighted by Crippen LogP contribution is -2.42. The summed E-state index contributed by atoms with van der Waals surface area (Å²) in [5.41, 5.74) is 1.17. The van der Waals surface area contributed by atoms with E-state index in [9.17, 15) is 4.79 Å². The van der Waals surface area contributed by atoms with Crippen LogP contribution in [0.4, 0.5) is 0 Å². The van der Waals surface area contributed by atoms with Crippen molar-refractivity contribution in [3.63, 3.8) is 0 Å². The summed E-state index contributed by atoms with van der Waals surface area (Å²) in [6, 6.07) is 8.31. The molecular formula is C20H27N3O3. The van der Waals surface area contributed by atoms with E-state index in [1.807, 2.05) is 23.1 Å². The summed E-state index contributed by atoms with van der Waals surface area (Å²) in [5, 5.41) is 8.19. The van der Waals surface area contributed by atoms with Gasteiger partial charge in [-0.1, -0.05) is 12.1 Å². The number of likely N-dealkylation sites (tertiary alicyclic amines) is 1. The normalized spacial score (nSPS) is 17.3. The summed E-state index contributed by atoms with van der Waals surface area (Å²) in [6.07, 6.45) is 5.84. The van der Waals surface area contributed by atoms with Crippen molar-refractivity contribution in [2.24, 2.45) is 0 Å². The molecule has 140 valence electrons. The van der Waals surface area contributed by atoms with Crippen molar-refractivity contribution in [3.05, 3.63) is 41.6 Å². The molecule has 1 aromatic heterocycles. The number of hydrogen-bond acceptors (Lipinski definition) is 5. The van der Waals surface area contributed by atoms with Crippen molar-refractivity contribution in [2.75, 3.05) is 13.7 Å². The molecule has 3 rings (SSSR count). The zero-order valence-corrected chi connectivity index (χ0v) is 15.6. The molecule has 6 nitrogen and oxygen atoms in total. The molecule has 6 heteroatoms. The maximum Gasteiger partial charge on any atom is 0.223 e. The largest absolute Gasteiger partial charge is 0.497 e. The van der Waals surface area contributed by atoms with Gasteiger partial charge in [-0.05, 0) is 50.3 Å². The van der Waals surface area contributed by atoms with Gasteiger partial charge in [-0.15, -0.1) is 10.2 Å². The summed E-state index contributed by atoms with van der Waals surface area (Å²) < 4.78 is 10.9. The number of amides is 1. The van der Waals surface area contributed by atoms with Crippen LogP contribution in [0.15, 0.2) is 28.7 Å². The number of carbonyl (C=O) groups is 1. The molecular weight excluding hydrogens is 330 g/mol. The molecule has 0 radical (unpaired) electrons. The van der Waals surface area contributed by atoms with Gasteiger partial charge in [-0.2, -0.15) is 0 Å². The first-order valence-electron chi connectivity index (χ1n) is 9.39. The van der Waals surface area contributed by atoms with Crippen molar-refractivity contribution >= 4 is 5.91 Å². The zero-order valence-electron chi connectivity index (χ0n) is 15.6. The van der Waals surface area contributed by atoms with Gasteiger partial charge >= 0.3 is 0 Å². The second kappa shape index (κ2) is 8.83. The molecule has 1 amide bonds. The van der Waals surface area contributed by atoms with Crippen LogP contribution in [0.1, 0.15) is 50.0 Å². The first-order chi connectivity index (χ1) is 12.7. The molecule has 0 saturated carbocycles. The van der Waals surface area contributed by atoms with E-state index in [1.165, 1.54) is 12.0 Å². The van der Waals surface area contributed by atoms with E-state index in [2.05, 4.69) is 23.2 Å². The molecule has 0 spiro atoms. The van der Waals surface area contributed by atoms with Gasteiger partial charge in [0.05, 0.1) is 7.11 Å². The average molecular weight is 357 g/mol. The van der Waals surface area contributed by atoms with E-state index in [0.717, 1.165) is 31.6 Å². The van der Waals surface area contributed by atoms with Gasteiger partial charge < -0.3 is 14.1 Å². The molecule has 1 aliphatic heterocycles. The zero-order chi connectivity index (χ0) is 18.4. The number of piperidine rings is 1. The van der Waals surface area contributed by atoms with Crippen molar-refractivity contribution in [3.8, 4) is 5.75 Å². The van der Waals surface area contributed by atoms with Crippen LogP contribution in [-0.4, -0.2) is 40.7 Å². The van der Waals surface area contributed by atoms with Crippen molar-refractivity contribution in [1.29, 1.82) is 0 Å². The standard InChI is InChI=1S/C20H27N3O3/c1-15-6-3-4-13-23(15)20(24)12-11-19-22-21-18(26-19)10-9-16-7-5-8-17(14-16)25-2/h5,7-8,14-15H,3-4,6,9-13H2,1-2H3/t15-/m0/s1. The Labute approximate surface area is 154 Å². The van der Waals surface area contributed by atoms with Crippen molar-refractivity contribution in [2.45, 2.75) is 57.9 Å².